The van der Waals surface area contributed by atoms with Crippen molar-refractivity contribution in [2.45, 2.75) is 277 Å². The molecule has 6 heteroatoms. The van der Waals surface area contributed by atoms with Gasteiger partial charge in [-0.2, -0.15) is 0 Å². The highest BCUT2D eigenvalue weighted by molar-refractivity contribution is 5.71. The van der Waals surface area contributed by atoms with Gasteiger partial charge in [0.15, 0.2) is 6.10 Å². The quantitative estimate of drug-likeness (QED) is 0.0199. The predicted octanol–water partition coefficient (Wildman–Crippen LogP) is 18.6. The highest BCUT2D eigenvalue weighted by Gasteiger charge is 2.19. The van der Waals surface area contributed by atoms with Crippen molar-refractivity contribution in [2.75, 3.05) is 13.2 Å². The lowest BCUT2D eigenvalue weighted by atomic mass is 10.1. The van der Waals surface area contributed by atoms with Crippen molar-refractivity contribution in [3.8, 4) is 0 Å². The zero-order chi connectivity index (χ0) is 47.9. The molecular formula is C60H104O6. The summed E-state index contributed by atoms with van der Waals surface area (Å²) in [6.07, 6.45) is 68.8. The Balaban J connectivity index is 4.42. The first kappa shape index (κ1) is 62.8. The summed E-state index contributed by atoms with van der Waals surface area (Å²) in [5.74, 6) is -0.908. The molecule has 0 aliphatic carbocycles. The predicted molar refractivity (Wildman–Crippen MR) is 284 cm³/mol. The van der Waals surface area contributed by atoms with E-state index in [1.54, 1.807) is 0 Å². The topological polar surface area (TPSA) is 78.9 Å². The van der Waals surface area contributed by atoms with Gasteiger partial charge in [0.1, 0.15) is 13.2 Å². The molecule has 66 heavy (non-hydrogen) atoms. The summed E-state index contributed by atoms with van der Waals surface area (Å²) in [4.78, 5) is 38.1. The number of hydrogen-bond donors (Lipinski definition) is 0. The van der Waals surface area contributed by atoms with Crippen molar-refractivity contribution in [3.05, 3.63) is 72.9 Å². The van der Waals surface area contributed by atoms with Crippen LogP contribution in [0.1, 0.15) is 271 Å². The molecule has 0 aromatic rings. The van der Waals surface area contributed by atoms with Crippen LogP contribution in [-0.4, -0.2) is 37.2 Å². The molecule has 0 heterocycles. The van der Waals surface area contributed by atoms with Crippen LogP contribution in [0, 0.1) is 0 Å². The molecule has 0 bridgehead atoms. The molecule has 0 aliphatic heterocycles. The van der Waals surface area contributed by atoms with Crippen molar-refractivity contribution in [3.63, 3.8) is 0 Å². The van der Waals surface area contributed by atoms with Gasteiger partial charge in [0.25, 0.3) is 0 Å². The maximum Gasteiger partial charge on any atom is 0.306 e. The van der Waals surface area contributed by atoms with Crippen LogP contribution in [0.5, 0.6) is 0 Å². The summed E-state index contributed by atoms with van der Waals surface area (Å²) in [6.45, 7) is 6.47. The van der Waals surface area contributed by atoms with Crippen LogP contribution in [0.2, 0.25) is 0 Å². The van der Waals surface area contributed by atoms with Gasteiger partial charge in [0, 0.05) is 19.3 Å². The third kappa shape index (κ3) is 51.8. The normalized spacial score (nSPS) is 12.6. The van der Waals surface area contributed by atoms with Crippen LogP contribution in [0.3, 0.4) is 0 Å². The Morgan fingerprint density at radius 3 is 1.08 bits per heavy atom. The average molecular weight is 921 g/mol. The smallest absolute Gasteiger partial charge is 0.306 e. The van der Waals surface area contributed by atoms with Crippen molar-refractivity contribution >= 4 is 17.9 Å². The minimum Gasteiger partial charge on any atom is -0.462 e. The molecule has 0 rings (SSSR count). The van der Waals surface area contributed by atoms with Gasteiger partial charge < -0.3 is 14.2 Å². The zero-order valence-electron chi connectivity index (χ0n) is 43.4. The summed E-state index contributed by atoms with van der Waals surface area (Å²) >= 11 is 0. The fourth-order valence-corrected chi connectivity index (χ4v) is 7.76. The second-order valence-corrected chi connectivity index (χ2v) is 18.5. The van der Waals surface area contributed by atoms with E-state index in [0.717, 1.165) is 96.3 Å². The third-order valence-electron chi connectivity index (χ3n) is 12.0. The molecule has 0 spiro atoms. The van der Waals surface area contributed by atoms with Gasteiger partial charge in [-0.15, -0.1) is 0 Å². The molecule has 0 aromatic carbocycles. The Kier molecular flexibility index (Phi) is 51.9. The summed E-state index contributed by atoms with van der Waals surface area (Å²) in [7, 11) is 0. The number of carbonyl (C=O) groups is 3. The fraction of sp³-hybridized carbons (Fsp3) is 0.750. The van der Waals surface area contributed by atoms with E-state index in [1.165, 1.54) is 135 Å². The van der Waals surface area contributed by atoms with Crippen molar-refractivity contribution in [1.29, 1.82) is 0 Å². The third-order valence-corrected chi connectivity index (χ3v) is 12.0. The first-order valence-electron chi connectivity index (χ1n) is 28.0. The van der Waals surface area contributed by atoms with E-state index in [-0.39, 0.29) is 31.1 Å². The molecule has 0 aromatic heterocycles. The molecule has 1 unspecified atom stereocenters. The molecule has 1 atom stereocenters. The van der Waals surface area contributed by atoms with Crippen molar-refractivity contribution in [2.24, 2.45) is 0 Å². The monoisotopic (exact) mass is 921 g/mol. The Hall–Kier alpha value is -3.15. The minimum atomic E-state index is -0.788. The van der Waals surface area contributed by atoms with Gasteiger partial charge >= 0.3 is 17.9 Å². The molecule has 0 fully saturated rings. The number of unbranched alkanes of at least 4 members (excludes halogenated alkanes) is 29. The highest BCUT2D eigenvalue weighted by Crippen LogP contribution is 2.15. The summed E-state index contributed by atoms with van der Waals surface area (Å²) in [5, 5.41) is 0. The first-order valence-corrected chi connectivity index (χ1v) is 28.0. The number of rotatable bonds is 50. The molecular weight excluding hydrogens is 817 g/mol. The fourth-order valence-electron chi connectivity index (χ4n) is 7.76. The van der Waals surface area contributed by atoms with Crippen LogP contribution in [-0.2, 0) is 28.6 Å². The maximum atomic E-state index is 12.8. The number of ether oxygens (including phenoxy) is 3. The molecule has 380 valence electrons. The summed E-state index contributed by atoms with van der Waals surface area (Å²) in [5.41, 5.74) is 0. The second kappa shape index (κ2) is 54.5. The summed E-state index contributed by atoms with van der Waals surface area (Å²) < 4.78 is 16.8. The van der Waals surface area contributed by atoms with Gasteiger partial charge in [0.05, 0.1) is 0 Å². The van der Waals surface area contributed by atoms with E-state index in [4.69, 9.17) is 14.2 Å². The van der Waals surface area contributed by atoms with Gasteiger partial charge in [-0.05, 0) is 96.3 Å². The Bertz CT molecular complexity index is 1240. The zero-order valence-corrected chi connectivity index (χ0v) is 43.4. The number of hydrogen-bond acceptors (Lipinski definition) is 6. The largest absolute Gasteiger partial charge is 0.462 e. The average Bonchev–Trinajstić information content (AvgIpc) is 3.31. The molecule has 0 N–H and O–H groups in total. The lowest BCUT2D eigenvalue weighted by Gasteiger charge is -2.18. The van der Waals surface area contributed by atoms with E-state index in [0.29, 0.717) is 19.3 Å². The number of esters is 3. The van der Waals surface area contributed by atoms with Crippen LogP contribution in [0.15, 0.2) is 72.9 Å². The number of carbonyl (C=O) groups excluding carboxylic acids is 3. The molecule has 0 aliphatic rings. The number of allylic oxidation sites excluding steroid dienone is 12. The van der Waals surface area contributed by atoms with E-state index in [9.17, 15) is 14.4 Å². The van der Waals surface area contributed by atoms with Crippen LogP contribution in [0.25, 0.3) is 0 Å². The molecule has 0 saturated heterocycles. The Morgan fingerprint density at radius 2 is 0.652 bits per heavy atom. The van der Waals surface area contributed by atoms with Crippen LogP contribution in [0.4, 0.5) is 0 Å². The Labute approximate surface area is 408 Å². The van der Waals surface area contributed by atoms with Gasteiger partial charge in [-0.1, -0.05) is 229 Å². The maximum absolute atomic E-state index is 12.8. The molecule has 0 amide bonds. The highest BCUT2D eigenvalue weighted by atomic mass is 16.6. The molecule has 0 radical (unpaired) electrons. The lowest BCUT2D eigenvalue weighted by Crippen LogP contribution is -2.30. The summed E-state index contributed by atoms with van der Waals surface area (Å²) in [6, 6.07) is 0. The van der Waals surface area contributed by atoms with Crippen molar-refractivity contribution < 1.29 is 28.6 Å². The SMILES string of the molecule is CC\C=C/C=C\C=C/CCCCCCCCCC(=O)OCC(COC(=O)CCCCCCCCC/C=C\C/C=C\CCCCC)OC(=O)CCCCCCC/C=C\CCCCCCCCC. The van der Waals surface area contributed by atoms with Gasteiger partial charge in [0.2, 0.25) is 0 Å². The van der Waals surface area contributed by atoms with Crippen LogP contribution >= 0.6 is 0 Å². The van der Waals surface area contributed by atoms with E-state index in [2.05, 4.69) is 93.7 Å². The first-order chi connectivity index (χ1) is 32.5. The Morgan fingerprint density at radius 1 is 0.333 bits per heavy atom. The van der Waals surface area contributed by atoms with E-state index in [1.807, 2.05) is 0 Å². The van der Waals surface area contributed by atoms with Crippen LogP contribution < -0.4 is 0 Å². The van der Waals surface area contributed by atoms with Gasteiger partial charge in [-0.25, -0.2) is 0 Å². The van der Waals surface area contributed by atoms with E-state index >= 15 is 0 Å². The standard InChI is InChI=1S/C60H104O6/c1-4-7-10-13-16-19-22-25-28-30-33-35-38-41-44-47-50-53-59(62)65-56-57(55-64-58(61)52-49-46-43-40-37-34-31-27-24-21-18-15-12-9-6-3)66-60(63)54-51-48-45-42-39-36-32-29-26-23-20-17-14-11-8-5-2/h9,12,15-16,18-19,21,24-25,28-29,32,57H,4-8,10-11,13-14,17,20,22-23,26-27,30-31,33-56H2,1-3H3/b12-9-,18-15-,19-16-,24-21-,28-25-,32-29-. The lowest BCUT2D eigenvalue weighted by molar-refractivity contribution is -0.167. The molecule has 6 nitrogen and oxygen atoms in total. The minimum absolute atomic E-state index is 0.0865. The second-order valence-electron chi connectivity index (χ2n) is 18.5. The molecule has 0 saturated carbocycles. The van der Waals surface area contributed by atoms with Crippen molar-refractivity contribution in [1.82, 2.24) is 0 Å². The van der Waals surface area contributed by atoms with Gasteiger partial charge in [-0.3, -0.25) is 14.4 Å². The van der Waals surface area contributed by atoms with E-state index < -0.39 is 6.10 Å².